The van der Waals surface area contributed by atoms with Crippen molar-refractivity contribution in [1.29, 1.82) is 0 Å². The summed E-state index contributed by atoms with van der Waals surface area (Å²) in [6.45, 7) is 1.30. The molecule has 1 aliphatic carbocycles. The summed E-state index contributed by atoms with van der Waals surface area (Å²) in [7, 11) is 0. The third-order valence-corrected chi connectivity index (χ3v) is 2.39. The fraction of sp³-hybridized carbons (Fsp3) is 0.500. The zero-order chi connectivity index (χ0) is 11.1. The van der Waals surface area contributed by atoms with E-state index in [0.29, 0.717) is 6.54 Å². The highest BCUT2D eigenvalue weighted by atomic mass is 19.4. The number of halogens is 3. The summed E-state index contributed by atoms with van der Waals surface area (Å²) in [6, 6.07) is 0. The summed E-state index contributed by atoms with van der Waals surface area (Å²) in [5, 5.41) is 5.01. The topological polar surface area (TPSA) is 15.6 Å². The Labute approximate surface area is 85.8 Å². The molecular weight excluding hydrogens is 205 g/mol. The molecule has 0 amide bonds. The van der Waals surface area contributed by atoms with E-state index in [-0.39, 0.29) is 5.92 Å². The number of hydrogen-bond acceptors (Lipinski definition) is 2. The van der Waals surface area contributed by atoms with Crippen molar-refractivity contribution in [1.82, 2.24) is 5.01 Å². The number of allylic oxidation sites excluding steroid dienone is 3. The van der Waals surface area contributed by atoms with Crippen LogP contribution in [0.4, 0.5) is 13.2 Å². The van der Waals surface area contributed by atoms with Crippen LogP contribution < -0.4 is 0 Å². The van der Waals surface area contributed by atoms with E-state index in [9.17, 15) is 13.2 Å². The van der Waals surface area contributed by atoms with Crippen molar-refractivity contribution in [2.24, 2.45) is 11.0 Å². The van der Waals surface area contributed by atoms with Gasteiger partial charge in [-0.1, -0.05) is 17.7 Å². The van der Waals surface area contributed by atoms with E-state index in [1.807, 2.05) is 19.1 Å². The minimum Gasteiger partial charge on any atom is -0.287 e. The molecule has 0 saturated heterocycles. The summed E-state index contributed by atoms with van der Waals surface area (Å²) >= 11 is 0. The standard InChI is InChI=1S/C10H11F3N2/c1-7-2-3-9-8(4-7)5-15(14-9)6-10(11,12)13/h2-4,8H,5-6H2,1H3. The molecule has 0 aromatic heterocycles. The van der Waals surface area contributed by atoms with Crippen LogP contribution in [-0.4, -0.2) is 30.0 Å². The van der Waals surface area contributed by atoms with E-state index >= 15 is 0 Å². The van der Waals surface area contributed by atoms with Gasteiger partial charge in [-0.3, -0.25) is 5.01 Å². The van der Waals surface area contributed by atoms with E-state index in [4.69, 9.17) is 0 Å². The predicted octanol–water partition coefficient (Wildman–Crippen LogP) is 2.35. The molecule has 1 aliphatic heterocycles. The molecule has 82 valence electrons. The Bertz CT molecular complexity index is 352. The fourth-order valence-corrected chi connectivity index (χ4v) is 1.79. The smallest absolute Gasteiger partial charge is 0.287 e. The highest BCUT2D eigenvalue weighted by Gasteiger charge is 2.34. The molecule has 0 bridgehead atoms. The number of fused-ring (bicyclic) bond motifs is 1. The van der Waals surface area contributed by atoms with Crippen LogP contribution in [0.15, 0.2) is 28.9 Å². The van der Waals surface area contributed by atoms with Crippen LogP contribution in [0.25, 0.3) is 0 Å². The van der Waals surface area contributed by atoms with Crippen LogP contribution in [0, 0.1) is 5.92 Å². The van der Waals surface area contributed by atoms with E-state index < -0.39 is 12.7 Å². The number of nitrogens with zero attached hydrogens (tertiary/aromatic N) is 2. The summed E-state index contributed by atoms with van der Waals surface area (Å²) in [4.78, 5) is 0. The Kier molecular flexibility index (Phi) is 2.32. The molecule has 1 heterocycles. The molecule has 1 unspecified atom stereocenters. The van der Waals surface area contributed by atoms with Gasteiger partial charge in [0.15, 0.2) is 0 Å². The van der Waals surface area contributed by atoms with Crippen molar-refractivity contribution in [2.45, 2.75) is 13.1 Å². The molecule has 0 aromatic rings. The molecule has 15 heavy (non-hydrogen) atoms. The van der Waals surface area contributed by atoms with Gasteiger partial charge < -0.3 is 0 Å². The fourth-order valence-electron chi connectivity index (χ4n) is 1.79. The van der Waals surface area contributed by atoms with Gasteiger partial charge >= 0.3 is 6.18 Å². The van der Waals surface area contributed by atoms with Gasteiger partial charge in [0.1, 0.15) is 6.54 Å². The first-order valence-electron chi connectivity index (χ1n) is 4.71. The Morgan fingerprint density at radius 1 is 1.47 bits per heavy atom. The van der Waals surface area contributed by atoms with Gasteiger partial charge in [0, 0.05) is 12.5 Å². The van der Waals surface area contributed by atoms with Crippen molar-refractivity contribution in [2.75, 3.05) is 13.1 Å². The van der Waals surface area contributed by atoms with Crippen molar-refractivity contribution < 1.29 is 13.2 Å². The first-order chi connectivity index (χ1) is 6.94. The summed E-state index contributed by atoms with van der Waals surface area (Å²) < 4.78 is 36.4. The van der Waals surface area contributed by atoms with Crippen LogP contribution >= 0.6 is 0 Å². The molecule has 0 aromatic carbocycles. The van der Waals surface area contributed by atoms with E-state index in [1.54, 1.807) is 6.08 Å². The Morgan fingerprint density at radius 2 is 2.20 bits per heavy atom. The third kappa shape index (κ3) is 2.40. The molecule has 0 radical (unpaired) electrons. The lowest BCUT2D eigenvalue weighted by atomic mass is 9.96. The molecule has 0 saturated carbocycles. The van der Waals surface area contributed by atoms with Gasteiger partial charge in [0.25, 0.3) is 0 Å². The average Bonchev–Trinajstić information content (AvgIpc) is 2.42. The Balaban J connectivity index is 2.06. The highest BCUT2D eigenvalue weighted by Crippen LogP contribution is 2.25. The minimum atomic E-state index is -4.18. The second-order valence-corrected chi connectivity index (χ2v) is 3.84. The molecule has 1 atom stereocenters. The molecule has 2 nitrogen and oxygen atoms in total. The molecule has 0 N–H and O–H groups in total. The van der Waals surface area contributed by atoms with Crippen LogP contribution in [0.2, 0.25) is 0 Å². The first kappa shape index (κ1) is 10.3. The largest absolute Gasteiger partial charge is 0.407 e. The highest BCUT2D eigenvalue weighted by molar-refractivity contribution is 6.00. The van der Waals surface area contributed by atoms with Gasteiger partial charge in [-0.25, -0.2) is 0 Å². The number of hydrazone groups is 1. The second-order valence-electron chi connectivity index (χ2n) is 3.84. The van der Waals surface area contributed by atoms with Gasteiger partial charge in [-0.15, -0.1) is 0 Å². The molecule has 0 spiro atoms. The van der Waals surface area contributed by atoms with Crippen LogP contribution in [0.5, 0.6) is 0 Å². The maximum Gasteiger partial charge on any atom is 0.407 e. The summed E-state index contributed by atoms with van der Waals surface area (Å²) in [5.74, 6) is 0.0253. The van der Waals surface area contributed by atoms with Gasteiger partial charge in [0.05, 0.1) is 5.71 Å². The lowest BCUT2D eigenvalue weighted by Gasteiger charge is -2.16. The lowest BCUT2D eigenvalue weighted by Crippen LogP contribution is -2.30. The van der Waals surface area contributed by atoms with Crippen molar-refractivity contribution in [3.63, 3.8) is 0 Å². The molecule has 2 aliphatic rings. The minimum absolute atomic E-state index is 0.0253. The van der Waals surface area contributed by atoms with Gasteiger partial charge in [-0.05, 0) is 13.0 Å². The SMILES string of the molecule is CC1=CC2CN(CC(F)(F)F)N=C2C=C1. The monoisotopic (exact) mass is 216 g/mol. The first-order valence-corrected chi connectivity index (χ1v) is 4.71. The van der Waals surface area contributed by atoms with E-state index in [2.05, 4.69) is 5.10 Å². The Hall–Kier alpha value is -1.26. The number of hydrogen-bond donors (Lipinski definition) is 0. The summed E-state index contributed by atoms with van der Waals surface area (Å²) in [6.07, 6.45) is 1.43. The van der Waals surface area contributed by atoms with Crippen molar-refractivity contribution in [3.8, 4) is 0 Å². The lowest BCUT2D eigenvalue weighted by molar-refractivity contribution is -0.145. The average molecular weight is 216 g/mol. The van der Waals surface area contributed by atoms with E-state index in [0.717, 1.165) is 16.3 Å². The number of rotatable bonds is 1. The van der Waals surface area contributed by atoms with Crippen LogP contribution in [0.1, 0.15) is 6.92 Å². The van der Waals surface area contributed by atoms with Crippen molar-refractivity contribution >= 4 is 5.71 Å². The Morgan fingerprint density at radius 3 is 2.87 bits per heavy atom. The maximum atomic E-state index is 12.1. The summed E-state index contributed by atoms with van der Waals surface area (Å²) in [5.41, 5.74) is 1.80. The predicted molar refractivity (Wildman–Crippen MR) is 51.5 cm³/mol. The van der Waals surface area contributed by atoms with E-state index in [1.165, 1.54) is 0 Å². The molecule has 0 fully saturated rings. The molecule has 2 rings (SSSR count). The van der Waals surface area contributed by atoms with Crippen LogP contribution in [0.3, 0.4) is 0 Å². The van der Waals surface area contributed by atoms with Crippen molar-refractivity contribution in [3.05, 3.63) is 23.8 Å². The zero-order valence-electron chi connectivity index (χ0n) is 8.25. The third-order valence-electron chi connectivity index (χ3n) is 2.39. The van der Waals surface area contributed by atoms with Crippen LogP contribution in [-0.2, 0) is 0 Å². The molecular formula is C10H11F3N2. The zero-order valence-corrected chi connectivity index (χ0v) is 8.25. The van der Waals surface area contributed by atoms with Gasteiger partial charge in [-0.2, -0.15) is 18.3 Å². The normalized spacial score (nSPS) is 25.1. The second kappa shape index (κ2) is 3.40. The quantitative estimate of drug-likeness (QED) is 0.657. The maximum absolute atomic E-state index is 12.1. The molecule has 5 heteroatoms. The number of alkyl halides is 3. The van der Waals surface area contributed by atoms with Gasteiger partial charge in [0.2, 0.25) is 0 Å².